The highest BCUT2D eigenvalue weighted by Gasteiger charge is 1.99. The third-order valence-electron chi connectivity index (χ3n) is 1.53. The van der Waals surface area contributed by atoms with Gasteiger partial charge in [-0.05, 0) is 30.7 Å². The SMILES string of the molecule is CCC(N)Oc1ccc(O)cc1. The van der Waals surface area contributed by atoms with Crippen molar-refractivity contribution in [3.05, 3.63) is 24.3 Å². The van der Waals surface area contributed by atoms with Crippen LogP contribution < -0.4 is 10.5 Å². The summed E-state index contributed by atoms with van der Waals surface area (Å²) in [6, 6.07) is 6.51. The van der Waals surface area contributed by atoms with E-state index in [1.165, 1.54) is 0 Å². The molecule has 1 rings (SSSR count). The van der Waals surface area contributed by atoms with Crippen molar-refractivity contribution in [2.45, 2.75) is 19.6 Å². The Bertz CT molecular complexity index is 233. The highest BCUT2D eigenvalue weighted by molar-refractivity contribution is 5.30. The minimum absolute atomic E-state index is 0.229. The molecule has 12 heavy (non-hydrogen) atoms. The van der Waals surface area contributed by atoms with E-state index in [0.29, 0.717) is 5.75 Å². The van der Waals surface area contributed by atoms with Crippen molar-refractivity contribution in [3.8, 4) is 11.5 Å². The molecule has 0 bridgehead atoms. The maximum absolute atomic E-state index is 8.96. The molecule has 1 aromatic rings. The van der Waals surface area contributed by atoms with Gasteiger partial charge in [0, 0.05) is 0 Å². The van der Waals surface area contributed by atoms with Crippen LogP contribution in [0, 0.1) is 0 Å². The molecule has 0 aliphatic carbocycles. The minimum Gasteiger partial charge on any atom is -0.508 e. The van der Waals surface area contributed by atoms with Gasteiger partial charge < -0.3 is 9.84 Å². The fraction of sp³-hybridized carbons (Fsp3) is 0.333. The molecule has 0 spiro atoms. The number of phenols is 1. The highest BCUT2D eigenvalue weighted by Crippen LogP contribution is 2.16. The fourth-order valence-electron chi connectivity index (χ4n) is 0.783. The van der Waals surface area contributed by atoms with E-state index >= 15 is 0 Å². The summed E-state index contributed by atoms with van der Waals surface area (Å²) in [5, 5.41) is 8.96. The van der Waals surface area contributed by atoms with Gasteiger partial charge in [0.1, 0.15) is 17.7 Å². The Kier molecular flexibility index (Phi) is 2.94. The molecule has 0 aliphatic heterocycles. The molecule has 0 saturated heterocycles. The standard InChI is InChI=1S/C9H13NO2/c1-2-9(10)12-8-5-3-7(11)4-6-8/h3-6,9,11H,2,10H2,1H3. The molecule has 0 saturated carbocycles. The molecule has 0 fully saturated rings. The largest absolute Gasteiger partial charge is 0.508 e. The summed E-state index contributed by atoms with van der Waals surface area (Å²) in [5.41, 5.74) is 5.56. The van der Waals surface area contributed by atoms with Crippen LogP contribution in [0.2, 0.25) is 0 Å². The molecular formula is C9H13NO2. The fourth-order valence-corrected chi connectivity index (χ4v) is 0.783. The normalized spacial score (nSPS) is 12.5. The summed E-state index contributed by atoms with van der Waals surface area (Å²) in [6.45, 7) is 1.95. The average molecular weight is 167 g/mol. The van der Waals surface area contributed by atoms with E-state index in [0.717, 1.165) is 6.42 Å². The van der Waals surface area contributed by atoms with Crippen molar-refractivity contribution < 1.29 is 9.84 Å². The number of aromatic hydroxyl groups is 1. The zero-order valence-electron chi connectivity index (χ0n) is 7.03. The van der Waals surface area contributed by atoms with Crippen molar-refractivity contribution in [2.75, 3.05) is 0 Å². The molecule has 66 valence electrons. The van der Waals surface area contributed by atoms with E-state index in [1.807, 2.05) is 6.92 Å². The van der Waals surface area contributed by atoms with Crippen LogP contribution in [0.4, 0.5) is 0 Å². The number of phenolic OH excluding ortho intramolecular Hbond substituents is 1. The predicted molar refractivity (Wildman–Crippen MR) is 47.0 cm³/mol. The predicted octanol–water partition coefficient (Wildman–Crippen LogP) is 1.47. The summed E-state index contributed by atoms with van der Waals surface area (Å²) < 4.78 is 5.29. The maximum Gasteiger partial charge on any atom is 0.147 e. The van der Waals surface area contributed by atoms with Crippen molar-refractivity contribution in [1.82, 2.24) is 0 Å². The van der Waals surface area contributed by atoms with Gasteiger partial charge in [-0.2, -0.15) is 0 Å². The summed E-state index contributed by atoms with van der Waals surface area (Å²) in [7, 11) is 0. The second kappa shape index (κ2) is 3.97. The second-order valence-corrected chi connectivity index (χ2v) is 2.56. The van der Waals surface area contributed by atoms with E-state index in [9.17, 15) is 0 Å². The monoisotopic (exact) mass is 167 g/mol. The number of nitrogens with two attached hydrogens (primary N) is 1. The molecule has 0 aromatic heterocycles. The molecule has 3 nitrogen and oxygen atoms in total. The average Bonchev–Trinajstić information content (AvgIpc) is 2.09. The lowest BCUT2D eigenvalue weighted by molar-refractivity contribution is 0.205. The third-order valence-corrected chi connectivity index (χ3v) is 1.53. The lowest BCUT2D eigenvalue weighted by Crippen LogP contribution is -2.25. The van der Waals surface area contributed by atoms with Crippen molar-refractivity contribution >= 4 is 0 Å². The second-order valence-electron chi connectivity index (χ2n) is 2.56. The summed E-state index contributed by atoms with van der Waals surface area (Å²) in [6.07, 6.45) is 0.496. The van der Waals surface area contributed by atoms with Gasteiger partial charge in [-0.15, -0.1) is 0 Å². The first-order valence-corrected chi connectivity index (χ1v) is 3.93. The maximum atomic E-state index is 8.96. The van der Waals surface area contributed by atoms with Gasteiger partial charge in [0.2, 0.25) is 0 Å². The first kappa shape index (κ1) is 8.87. The van der Waals surface area contributed by atoms with Crippen LogP contribution in [0.25, 0.3) is 0 Å². The van der Waals surface area contributed by atoms with Gasteiger partial charge in [0.15, 0.2) is 0 Å². The summed E-state index contributed by atoms with van der Waals surface area (Å²) in [4.78, 5) is 0. The van der Waals surface area contributed by atoms with Crippen molar-refractivity contribution in [3.63, 3.8) is 0 Å². The molecule has 0 radical (unpaired) electrons. The lowest BCUT2D eigenvalue weighted by atomic mass is 10.3. The molecule has 1 atom stereocenters. The quantitative estimate of drug-likeness (QED) is 0.670. The third kappa shape index (κ3) is 2.43. The van der Waals surface area contributed by atoms with Gasteiger partial charge in [-0.25, -0.2) is 0 Å². The minimum atomic E-state index is -0.269. The molecule has 1 unspecified atom stereocenters. The van der Waals surface area contributed by atoms with Gasteiger partial charge >= 0.3 is 0 Å². The van der Waals surface area contributed by atoms with Gasteiger partial charge in [-0.1, -0.05) is 6.92 Å². The highest BCUT2D eigenvalue weighted by atomic mass is 16.5. The van der Waals surface area contributed by atoms with E-state index in [-0.39, 0.29) is 12.0 Å². The zero-order chi connectivity index (χ0) is 8.97. The Morgan fingerprint density at radius 2 is 2.00 bits per heavy atom. The first-order chi connectivity index (χ1) is 5.72. The van der Waals surface area contributed by atoms with Crippen LogP contribution in [-0.2, 0) is 0 Å². The van der Waals surface area contributed by atoms with Crippen LogP contribution in [0.15, 0.2) is 24.3 Å². The summed E-state index contributed by atoms with van der Waals surface area (Å²) >= 11 is 0. The van der Waals surface area contributed by atoms with Gasteiger partial charge in [0.25, 0.3) is 0 Å². The topological polar surface area (TPSA) is 55.5 Å². The molecular weight excluding hydrogens is 154 g/mol. The Morgan fingerprint density at radius 1 is 1.42 bits per heavy atom. The molecule has 3 N–H and O–H groups in total. The van der Waals surface area contributed by atoms with E-state index < -0.39 is 0 Å². The van der Waals surface area contributed by atoms with Crippen LogP contribution in [-0.4, -0.2) is 11.3 Å². The Labute approximate surface area is 71.8 Å². The summed E-state index contributed by atoms with van der Waals surface area (Å²) in [5.74, 6) is 0.912. The molecule has 1 aromatic carbocycles. The van der Waals surface area contributed by atoms with Crippen molar-refractivity contribution in [2.24, 2.45) is 5.73 Å². The van der Waals surface area contributed by atoms with Crippen LogP contribution in [0.5, 0.6) is 11.5 Å². The molecule has 0 aliphatic rings. The molecule has 0 heterocycles. The zero-order valence-corrected chi connectivity index (χ0v) is 7.03. The van der Waals surface area contributed by atoms with E-state index in [4.69, 9.17) is 15.6 Å². The molecule has 0 amide bonds. The van der Waals surface area contributed by atoms with Crippen LogP contribution >= 0.6 is 0 Å². The Hall–Kier alpha value is -1.22. The Balaban J connectivity index is 2.58. The Morgan fingerprint density at radius 3 is 2.50 bits per heavy atom. The van der Waals surface area contributed by atoms with Crippen LogP contribution in [0.3, 0.4) is 0 Å². The van der Waals surface area contributed by atoms with Gasteiger partial charge in [-0.3, -0.25) is 5.73 Å². The number of rotatable bonds is 3. The lowest BCUT2D eigenvalue weighted by Gasteiger charge is -2.11. The van der Waals surface area contributed by atoms with Gasteiger partial charge in [0.05, 0.1) is 0 Å². The number of ether oxygens (including phenoxy) is 1. The van der Waals surface area contributed by atoms with Crippen LogP contribution in [0.1, 0.15) is 13.3 Å². The van der Waals surface area contributed by atoms with Crippen molar-refractivity contribution in [1.29, 1.82) is 0 Å². The van der Waals surface area contributed by atoms with E-state index in [2.05, 4.69) is 0 Å². The molecule has 3 heteroatoms. The number of benzene rings is 1. The smallest absolute Gasteiger partial charge is 0.147 e. The van der Waals surface area contributed by atoms with E-state index in [1.54, 1.807) is 24.3 Å². The number of hydrogen-bond acceptors (Lipinski definition) is 3. The first-order valence-electron chi connectivity index (χ1n) is 3.93. The number of hydrogen-bond donors (Lipinski definition) is 2.